The molecule has 2 unspecified atom stereocenters. The molecule has 0 saturated heterocycles. The van der Waals surface area contributed by atoms with Gasteiger partial charge in [0.15, 0.2) is 0 Å². The van der Waals surface area contributed by atoms with E-state index in [9.17, 15) is 9.59 Å². The number of H-pyrrole nitrogens is 1. The molecule has 0 radical (unpaired) electrons. The van der Waals surface area contributed by atoms with E-state index in [-0.39, 0.29) is 12.5 Å². The molecule has 1 aliphatic carbocycles. The monoisotopic (exact) mass is 320 g/mol. The van der Waals surface area contributed by atoms with Crippen molar-refractivity contribution in [1.82, 2.24) is 15.3 Å². The van der Waals surface area contributed by atoms with Crippen molar-refractivity contribution < 1.29 is 4.79 Å². The van der Waals surface area contributed by atoms with Crippen LogP contribution in [0.15, 0.2) is 17.1 Å². The number of rotatable bonds is 7. The van der Waals surface area contributed by atoms with Crippen LogP contribution < -0.4 is 16.3 Å². The highest BCUT2D eigenvalue weighted by Gasteiger charge is 2.27. The molecule has 0 spiro atoms. The molecule has 1 saturated carbocycles. The van der Waals surface area contributed by atoms with Gasteiger partial charge < -0.3 is 10.6 Å². The number of aromatic amines is 1. The molecule has 1 fully saturated rings. The Labute approximate surface area is 137 Å². The first-order chi connectivity index (χ1) is 11.1. The van der Waals surface area contributed by atoms with E-state index < -0.39 is 5.69 Å². The van der Waals surface area contributed by atoms with Crippen LogP contribution in [0.4, 0.5) is 5.82 Å². The van der Waals surface area contributed by atoms with E-state index in [1.807, 2.05) is 0 Å². The molecule has 1 aliphatic rings. The first-order valence-corrected chi connectivity index (χ1v) is 8.66. The fraction of sp³-hybridized carbons (Fsp3) is 0.706. The molecule has 1 heterocycles. The molecule has 2 atom stereocenters. The van der Waals surface area contributed by atoms with Crippen LogP contribution in [0.25, 0.3) is 0 Å². The summed E-state index contributed by atoms with van der Waals surface area (Å²) in [7, 11) is 0. The van der Waals surface area contributed by atoms with Gasteiger partial charge in [0.1, 0.15) is 5.82 Å². The Hall–Kier alpha value is -1.85. The lowest BCUT2D eigenvalue weighted by Crippen LogP contribution is -2.36. The molecule has 23 heavy (non-hydrogen) atoms. The number of hydrogen-bond acceptors (Lipinski definition) is 4. The number of amides is 1. The summed E-state index contributed by atoms with van der Waals surface area (Å²) in [6.45, 7) is 5.43. The van der Waals surface area contributed by atoms with Crippen molar-refractivity contribution in [2.75, 3.05) is 18.4 Å². The fourth-order valence-electron chi connectivity index (χ4n) is 3.50. The van der Waals surface area contributed by atoms with Crippen LogP contribution in [0.2, 0.25) is 0 Å². The van der Waals surface area contributed by atoms with Crippen molar-refractivity contribution in [3.63, 3.8) is 0 Å². The van der Waals surface area contributed by atoms with E-state index in [2.05, 4.69) is 34.4 Å². The summed E-state index contributed by atoms with van der Waals surface area (Å²) in [5.74, 6) is 2.65. The van der Waals surface area contributed by atoms with Gasteiger partial charge in [-0.25, -0.2) is 9.78 Å². The number of nitrogens with one attached hydrogen (secondary N) is 3. The van der Waals surface area contributed by atoms with Gasteiger partial charge in [0.25, 0.3) is 0 Å². The molecule has 1 amide bonds. The predicted molar refractivity (Wildman–Crippen MR) is 91.3 cm³/mol. The second-order valence-electron chi connectivity index (χ2n) is 6.57. The molecule has 0 aromatic carbocycles. The standard InChI is InChI=1S/C17H28N4O2/c1-3-12-7-13(4-2)9-14(8-12)10-20-16(22)11-19-15-5-6-18-17(23)21-15/h5-6,12-14H,3-4,7-11H2,1-2H3,(H,20,22)(H2,18,19,21,23). The number of anilines is 1. The minimum absolute atomic E-state index is 0.0469. The van der Waals surface area contributed by atoms with Crippen LogP contribution in [0.5, 0.6) is 0 Å². The lowest BCUT2D eigenvalue weighted by Gasteiger charge is -2.34. The Morgan fingerprint density at radius 2 is 1.87 bits per heavy atom. The van der Waals surface area contributed by atoms with E-state index >= 15 is 0 Å². The van der Waals surface area contributed by atoms with Gasteiger partial charge in [-0.1, -0.05) is 26.7 Å². The van der Waals surface area contributed by atoms with E-state index in [0.717, 1.165) is 18.4 Å². The van der Waals surface area contributed by atoms with E-state index in [1.165, 1.54) is 38.3 Å². The maximum atomic E-state index is 12.0. The zero-order valence-corrected chi connectivity index (χ0v) is 14.1. The largest absolute Gasteiger partial charge is 0.362 e. The van der Waals surface area contributed by atoms with Crippen LogP contribution in [0, 0.1) is 17.8 Å². The quantitative estimate of drug-likeness (QED) is 0.718. The summed E-state index contributed by atoms with van der Waals surface area (Å²) >= 11 is 0. The molecule has 3 N–H and O–H groups in total. The van der Waals surface area contributed by atoms with Gasteiger partial charge in [0.05, 0.1) is 6.54 Å². The minimum Gasteiger partial charge on any atom is -0.362 e. The highest BCUT2D eigenvalue weighted by molar-refractivity contribution is 5.80. The second kappa shape index (κ2) is 8.70. The Balaban J connectivity index is 1.74. The molecular formula is C17H28N4O2. The molecule has 6 nitrogen and oxygen atoms in total. The topological polar surface area (TPSA) is 86.9 Å². The zero-order valence-electron chi connectivity index (χ0n) is 14.1. The summed E-state index contributed by atoms with van der Waals surface area (Å²) in [4.78, 5) is 29.1. The smallest absolute Gasteiger partial charge is 0.346 e. The van der Waals surface area contributed by atoms with Gasteiger partial charge in [0, 0.05) is 12.7 Å². The summed E-state index contributed by atoms with van der Waals surface area (Å²) in [5.41, 5.74) is -0.422. The minimum atomic E-state index is -0.422. The second-order valence-corrected chi connectivity index (χ2v) is 6.57. The van der Waals surface area contributed by atoms with Gasteiger partial charge in [-0.05, 0) is 43.1 Å². The summed E-state index contributed by atoms with van der Waals surface area (Å²) < 4.78 is 0. The van der Waals surface area contributed by atoms with Crippen molar-refractivity contribution in [1.29, 1.82) is 0 Å². The first-order valence-electron chi connectivity index (χ1n) is 8.66. The summed E-state index contributed by atoms with van der Waals surface area (Å²) in [6, 6.07) is 1.63. The average Bonchev–Trinajstić information content (AvgIpc) is 2.57. The van der Waals surface area contributed by atoms with Gasteiger partial charge in [0.2, 0.25) is 5.91 Å². The summed E-state index contributed by atoms with van der Waals surface area (Å²) in [6.07, 6.45) is 7.66. The van der Waals surface area contributed by atoms with Crippen LogP contribution in [0.1, 0.15) is 46.0 Å². The van der Waals surface area contributed by atoms with Crippen molar-refractivity contribution in [3.05, 3.63) is 22.7 Å². The molecule has 1 aromatic rings. The van der Waals surface area contributed by atoms with Gasteiger partial charge in [-0.3, -0.25) is 9.78 Å². The third kappa shape index (κ3) is 5.69. The number of hydrogen-bond donors (Lipinski definition) is 3. The maximum Gasteiger partial charge on any atom is 0.346 e. The van der Waals surface area contributed by atoms with E-state index in [1.54, 1.807) is 6.07 Å². The maximum absolute atomic E-state index is 12.0. The lowest BCUT2D eigenvalue weighted by molar-refractivity contribution is -0.119. The zero-order chi connectivity index (χ0) is 16.7. The lowest BCUT2D eigenvalue weighted by atomic mass is 9.73. The van der Waals surface area contributed by atoms with Crippen molar-refractivity contribution in [3.8, 4) is 0 Å². The number of nitrogens with zero attached hydrogens (tertiary/aromatic N) is 1. The number of carbonyl (C=O) groups is 1. The molecule has 0 bridgehead atoms. The van der Waals surface area contributed by atoms with E-state index in [0.29, 0.717) is 11.7 Å². The van der Waals surface area contributed by atoms with Gasteiger partial charge in [-0.15, -0.1) is 0 Å². The van der Waals surface area contributed by atoms with Crippen LogP contribution in [-0.2, 0) is 4.79 Å². The summed E-state index contributed by atoms with van der Waals surface area (Å²) in [5, 5.41) is 5.92. The Morgan fingerprint density at radius 1 is 1.22 bits per heavy atom. The van der Waals surface area contributed by atoms with Crippen molar-refractivity contribution in [2.24, 2.45) is 17.8 Å². The van der Waals surface area contributed by atoms with Crippen LogP contribution in [0.3, 0.4) is 0 Å². The number of aromatic nitrogens is 2. The number of carbonyl (C=O) groups excluding carboxylic acids is 1. The molecular weight excluding hydrogens is 292 g/mol. The normalized spacial score (nSPS) is 24.2. The molecule has 1 aromatic heterocycles. The Bertz CT molecular complexity index is 546. The fourth-order valence-corrected chi connectivity index (χ4v) is 3.50. The third-order valence-electron chi connectivity index (χ3n) is 4.86. The van der Waals surface area contributed by atoms with Gasteiger partial charge >= 0.3 is 5.69 Å². The van der Waals surface area contributed by atoms with Crippen molar-refractivity contribution >= 4 is 11.7 Å². The highest BCUT2D eigenvalue weighted by atomic mass is 16.2. The van der Waals surface area contributed by atoms with Crippen molar-refractivity contribution in [2.45, 2.75) is 46.0 Å². The third-order valence-corrected chi connectivity index (χ3v) is 4.86. The molecule has 2 rings (SSSR count). The van der Waals surface area contributed by atoms with Crippen LogP contribution in [-0.4, -0.2) is 29.0 Å². The highest BCUT2D eigenvalue weighted by Crippen LogP contribution is 2.36. The first kappa shape index (κ1) is 17.5. The molecule has 0 aliphatic heterocycles. The molecule has 6 heteroatoms. The van der Waals surface area contributed by atoms with Gasteiger partial charge in [-0.2, -0.15) is 0 Å². The SMILES string of the molecule is CCC1CC(CC)CC(CNC(=O)CNc2ccnc(=O)[nH]2)C1. The average molecular weight is 320 g/mol. The predicted octanol–water partition coefficient (Wildman–Crippen LogP) is 2.15. The Morgan fingerprint density at radius 3 is 2.48 bits per heavy atom. The Kier molecular flexibility index (Phi) is 6.62. The van der Waals surface area contributed by atoms with Crippen LogP contribution >= 0.6 is 0 Å². The van der Waals surface area contributed by atoms with E-state index in [4.69, 9.17) is 0 Å². The molecule has 128 valence electrons.